The number of rotatable bonds is 4. The first kappa shape index (κ1) is 15.8. The van der Waals surface area contributed by atoms with Crippen LogP contribution in [0.2, 0.25) is 0 Å². The van der Waals surface area contributed by atoms with Gasteiger partial charge >= 0.3 is 0 Å². The predicted molar refractivity (Wildman–Crippen MR) is 92.9 cm³/mol. The number of hydrogen-bond donors (Lipinski definition) is 0. The maximum atomic E-state index is 6.35. The molecule has 0 heterocycles. The predicted octanol–water partition coefficient (Wildman–Crippen LogP) is 5.91. The summed E-state index contributed by atoms with van der Waals surface area (Å²) in [5.74, 6) is 0. The Balaban J connectivity index is 1.97. The molecule has 1 fully saturated rings. The number of hydrogen-bond acceptors (Lipinski definition) is 1. The van der Waals surface area contributed by atoms with Crippen LogP contribution in [0.15, 0.2) is 28.7 Å². The SMILES string of the molecule is CC1(C)CCC(OC(CI)c2cccc(Br)c2)CC1. The molecule has 1 unspecified atom stereocenters. The molecule has 0 aromatic heterocycles. The molecule has 0 N–H and O–H groups in total. The Morgan fingerprint density at radius 2 is 2.05 bits per heavy atom. The standard InChI is InChI=1S/C16H22BrIO/c1-16(2)8-6-14(7-9-16)19-15(11-18)12-4-3-5-13(17)10-12/h3-5,10,14-15H,6-9,11H2,1-2H3. The van der Waals surface area contributed by atoms with Crippen LogP contribution in [0.5, 0.6) is 0 Å². The third-order valence-corrected chi connectivity index (χ3v) is 5.30. The van der Waals surface area contributed by atoms with E-state index in [-0.39, 0.29) is 6.10 Å². The van der Waals surface area contributed by atoms with Gasteiger partial charge in [-0.05, 0) is 48.8 Å². The van der Waals surface area contributed by atoms with Crippen molar-refractivity contribution in [3.63, 3.8) is 0 Å². The van der Waals surface area contributed by atoms with Crippen LogP contribution in [0.3, 0.4) is 0 Å². The molecule has 106 valence electrons. The first-order chi connectivity index (χ1) is 9.00. The third kappa shape index (κ3) is 4.71. The van der Waals surface area contributed by atoms with Crippen molar-refractivity contribution in [2.24, 2.45) is 5.41 Å². The van der Waals surface area contributed by atoms with E-state index in [2.05, 4.69) is 76.6 Å². The van der Waals surface area contributed by atoms with Crippen LogP contribution < -0.4 is 0 Å². The maximum Gasteiger partial charge on any atom is 0.0918 e. The average Bonchev–Trinajstić information content (AvgIpc) is 2.37. The van der Waals surface area contributed by atoms with Gasteiger partial charge in [0.2, 0.25) is 0 Å². The maximum absolute atomic E-state index is 6.35. The highest BCUT2D eigenvalue weighted by molar-refractivity contribution is 14.1. The van der Waals surface area contributed by atoms with Crippen LogP contribution in [0.4, 0.5) is 0 Å². The van der Waals surface area contributed by atoms with Crippen LogP contribution >= 0.6 is 38.5 Å². The number of halogens is 2. The zero-order valence-electron chi connectivity index (χ0n) is 11.7. The molecule has 2 rings (SSSR count). The molecular weight excluding hydrogens is 415 g/mol. The van der Waals surface area contributed by atoms with E-state index >= 15 is 0 Å². The molecule has 1 atom stereocenters. The van der Waals surface area contributed by atoms with Gasteiger partial charge in [0.05, 0.1) is 12.2 Å². The zero-order valence-corrected chi connectivity index (χ0v) is 15.4. The Labute approximate surface area is 138 Å². The van der Waals surface area contributed by atoms with Gasteiger partial charge in [0.15, 0.2) is 0 Å². The van der Waals surface area contributed by atoms with Gasteiger partial charge in [0.25, 0.3) is 0 Å². The van der Waals surface area contributed by atoms with E-state index < -0.39 is 0 Å². The molecule has 1 aromatic carbocycles. The lowest BCUT2D eigenvalue weighted by molar-refractivity contribution is -0.0357. The second kappa shape index (κ2) is 6.90. The lowest BCUT2D eigenvalue weighted by atomic mass is 9.76. The van der Waals surface area contributed by atoms with Gasteiger partial charge in [-0.1, -0.05) is 64.5 Å². The topological polar surface area (TPSA) is 9.23 Å². The lowest BCUT2D eigenvalue weighted by Crippen LogP contribution is -2.28. The summed E-state index contributed by atoms with van der Waals surface area (Å²) in [6, 6.07) is 8.50. The number of benzene rings is 1. The van der Waals surface area contributed by atoms with Gasteiger partial charge in [-0.3, -0.25) is 0 Å². The molecule has 0 spiro atoms. The minimum Gasteiger partial charge on any atom is -0.369 e. The highest BCUT2D eigenvalue weighted by atomic mass is 127. The van der Waals surface area contributed by atoms with Crippen LogP contribution in [-0.2, 0) is 4.74 Å². The summed E-state index contributed by atoms with van der Waals surface area (Å²) in [7, 11) is 0. The Morgan fingerprint density at radius 1 is 1.37 bits per heavy atom. The fourth-order valence-corrected chi connectivity index (χ4v) is 3.79. The average molecular weight is 437 g/mol. The summed E-state index contributed by atoms with van der Waals surface area (Å²) >= 11 is 5.97. The molecule has 1 aliphatic carbocycles. The van der Waals surface area contributed by atoms with Gasteiger partial charge in [-0.15, -0.1) is 0 Å². The van der Waals surface area contributed by atoms with Gasteiger partial charge < -0.3 is 4.74 Å². The fraction of sp³-hybridized carbons (Fsp3) is 0.625. The van der Waals surface area contributed by atoms with Crippen molar-refractivity contribution >= 4 is 38.5 Å². The molecule has 1 aliphatic rings. The molecule has 3 heteroatoms. The quantitative estimate of drug-likeness (QED) is 0.421. The Hall–Kier alpha value is 0.390. The van der Waals surface area contributed by atoms with E-state index in [0.29, 0.717) is 11.5 Å². The van der Waals surface area contributed by atoms with Gasteiger partial charge in [0.1, 0.15) is 0 Å². The highest BCUT2D eigenvalue weighted by Crippen LogP contribution is 2.38. The number of alkyl halides is 1. The third-order valence-electron chi connectivity index (χ3n) is 4.00. The first-order valence-electron chi connectivity index (χ1n) is 6.97. The molecule has 0 aliphatic heterocycles. The Bertz CT molecular complexity index is 409. The van der Waals surface area contributed by atoms with Crippen molar-refractivity contribution in [2.75, 3.05) is 4.43 Å². The molecule has 1 saturated carbocycles. The molecule has 0 radical (unpaired) electrons. The van der Waals surface area contributed by atoms with Crippen molar-refractivity contribution in [1.29, 1.82) is 0 Å². The zero-order chi connectivity index (χ0) is 13.9. The van der Waals surface area contributed by atoms with E-state index in [9.17, 15) is 0 Å². The van der Waals surface area contributed by atoms with E-state index in [1.165, 1.54) is 31.2 Å². The van der Waals surface area contributed by atoms with E-state index in [1.54, 1.807) is 0 Å². The second-order valence-electron chi connectivity index (χ2n) is 6.20. The molecule has 1 aromatic rings. The second-order valence-corrected chi connectivity index (χ2v) is 7.99. The van der Waals surface area contributed by atoms with Gasteiger partial charge in [-0.25, -0.2) is 0 Å². The van der Waals surface area contributed by atoms with Crippen molar-refractivity contribution in [2.45, 2.75) is 51.7 Å². The summed E-state index contributed by atoms with van der Waals surface area (Å²) in [5.41, 5.74) is 1.80. The van der Waals surface area contributed by atoms with Crippen LogP contribution in [0.1, 0.15) is 51.2 Å². The summed E-state index contributed by atoms with van der Waals surface area (Å²) in [5, 5.41) is 0. The minimum atomic E-state index is 0.226. The molecule has 19 heavy (non-hydrogen) atoms. The van der Waals surface area contributed by atoms with Crippen LogP contribution in [0.25, 0.3) is 0 Å². The van der Waals surface area contributed by atoms with Crippen molar-refractivity contribution in [3.05, 3.63) is 34.3 Å². The first-order valence-corrected chi connectivity index (χ1v) is 9.29. The van der Waals surface area contributed by atoms with Crippen molar-refractivity contribution in [1.82, 2.24) is 0 Å². The molecule has 1 nitrogen and oxygen atoms in total. The van der Waals surface area contributed by atoms with Gasteiger partial charge in [-0.2, -0.15) is 0 Å². The largest absolute Gasteiger partial charge is 0.369 e. The van der Waals surface area contributed by atoms with E-state index in [0.717, 1.165) is 8.90 Å². The normalized spacial score (nSPS) is 21.3. The summed E-state index contributed by atoms with van der Waals surface area (Å²) in [6.45, 7) is 4.74. The van der Waals surface area contributed by atoms with E-state index in [4.69, 9.17) is 4.74 Å². The van der Waals surface area contributed by atoms with Crippen LogP contribution in [0, 0.1) is 5.41 Å². The summed E-state index contributed by atoms with van der Waals surface area (Å²) in [6.07, 6.45) is 5.63. The molecule has 0 bridgehead atoms. The highest BCUT2D eigenvalue weighted by Gasteiger charge is 2.28. The Kier molecular flexibility index (Phi) is 5.73. The monoisotopic (exact) mass is 436 g/mol. The van der Waals surface area contributed by atoms with Crippen LogP contribution in [-0.4, -0.2) is 10.5 Å². The molecule has 0 amide bonds. The fourth-order valence-electron chi connectivity index (χ4n) is 2.65. The van der Waals surface area contributed by atoms with E-state index in [1.807, 2.05) is 0 Å². The van der Waals surface area contributed by atoms with Crippen molar-refractivity contribution < 1.29 is 4.74 Å². The number of ether oxygens (including phenoxy) is 1. The summed E-state index contributed by atoms with van der Waals surface area (Å²) in [4.78, 5) is 0. The smallest absolute Gasteiger partial charge is 0.0918 e. The van der Waals surface area contributed by atoms with Crippen molar-refractivity contribution in [3.8, 4) is 0 Å². The Morgan fingerprint density at radius 3 is 2.63 bits per heavy atom. The molecule has 0 saturated heterocycles. The summed E-state index contributed by atoms with van der Waals surface area (Å²) < 4.78 is 8.49. The molecular formula is C16H22BrIO. The minimum absolute atomic E-state index is 0.226. The lowest BCUT2D eigenvalue weighted by Gasteiger charge is -2.35. The van der Waals surface area contributed by atoms with Gasteiger partial charge in [0, 0.05) is 8.90 Å².